The number of nitrogens with zero attached hydrogens (tertiary/aromatic N) is 2. The second-order valence-corrected chi connectivity index (χ2v) is 10.0. The van der Waals surface area contributed by atoms with E-state index < -0.39 is 36.4 Å². The molecule has 3 aromatic rings. The molecule has 39 heavy (non-hydrogen) atoms. The highest BCUT2D eigenvalue weighted by Gasteiger charge is 2.40. The SMILES string of the molecule is COc1ccc(-c2[nH]ncc2CN(Cc2sccc2C)CC(C)O)cc1.O=C(O)CC(O)(CC(=O)O)C(=O)O. The molecule has 0 aliphatic heterocycles. The van der Waals surface area contributed by atoms with Crippen LogP contribution in [-0.2, 0) is 27.5 Å². The number of methoxy groups -OCH3 is 1. The van der Waals surface area contributed by atoms with Crippen LogP contribution in [0.15, 0.2) is 41.9 Å². The van der Waals surface area contributed by atoms with E-state index >= 15 is 0 Å². The summed E-state index contributed by atoms with van der Waals surface area (Å²) in [5, 5.41) is 53.2. The van der Waals surface area contributed by atoms with Gasteiger partial charge in [0, 0.05) is 35.6 Å². The molecule has 0 bridgehead atoms. The number of aliphatic hydroxyl groups excluding tert-OH is 1. The van der Waals surface area contributed by atoms with Gasteiger partial charge >= 0.3 is 17.9 Å². The molecule has 6 N–H and O–H groups in total. The Morgan fingerprint density at radius 1 is 1.08 bits per heavy atom. The zero-order chi connectivity index (χ0) is 29.2. The summed E-state index contributed by atoms with van der Waals surface area (Å²) in [5.41, 5.74) is 1.75. The molecular weight excluding hydrogens is 530 g/mol. The standard InChI is InChI=1S/C20H25N3O2S.C6H8O7/c1-14-8-9-26-19(14)13-23(11-15(2)24)12-17-10-21-22-20(17)16-4-6-18(25-3)7-5-16;7-3(8)1-6(13,5(11)12)2-4(9)10/h4-10,15,24H,11-13H2,1-3H3,(H,21,22);13H,1-2H2,(H,7,8)(H,9,10)(H,11,12). The number of hydrogen-bond donors (Lipinski definition) is 6. The number of H-pyrrole nitrogens is 1. The summed E-state index contributed by atoms with van der Waals surface area (Å²) in [5.74, 6) is -4.19. The quantitative estimate of drug-likeness (QED) is 0.179. The van der Waals surface area contributed by atoms with E-state index in [0.29, 0.717) is 6.54 Å². The Hall–Kier alpha value is -3.78. The first-order valence-electron chi connectivity index (χ1n) is 11.8. The molecular formula is C26H33N3O9S. The molecule has 1 aromatic carbocycles. The number of hydrogen-bond acceptors (Lipinski definition) is 9. The Morgan fingerprint density at radius 3 is 2.15 bits per heavy atom. The Labute approximate surface area is 229 Å². The van der Waals surface area contributed by atoms with E-state index in [4.69, 9.17) is 25.2 Å². The van der Waals surface area contributed by atoms with Gasteiger partial charge in [0.05, 0.1) is 37.9 Å². The summed E-state index contributed by atoms with van der Waals surface area (Å²) < 4.78 is 5.23. The lowest BCUT2D eigenvalue weighted by molar-refractivity contribution is -0.170. The summed E-state index contributed by atoms with van der Waals surface area (Å²) in [6, 6.07) is 10.1. The van der Waals surface area contributed by atoms with Crippen LogP contribution in [-0.4, -0.2) is 83.9 Å². The van der Waals surface area contributed by atoms with Crippen LogP contribution < -0.4 is 4.74 Å². The summed E-state index contributed by atoms with van der Waals surface area (Å²) in [6.45, 7) is 6.12. The lowest BCUT2D eigenvalue weighted by Crippen LogP contribution is -2.42. The maximum atomic E-state index is 10.3. The minimum Gasteiger partial charge on any atom is -0.497 e. The van der Waals surface area contributed by atoms with Crippen molar-refractivity contribution in [2.24, 2.45) is 0 Å². The topological polar surface area (TPSA) is 194 Å². The highest BCUT2D eigenvalue weighted by Crippen LogP contribution is 2.26. The molecule has 0 saturated heterocycles. The molecule has 0 radical (unpaired) electrons. The first-order valence-corrected chi connectivity index (χ1v) is 12.7. The highest BCUT2D eigenvalue weighted by atomic mass is 32.1. The van der Waals surface area contributed by atoms with Crippen LogP contribution in [0, 0.1) is 6.92 Å². The van der Waals surface area contributed by atoms with Gasteiger partial charge in [0.1, 0.15) is 5.75 Å². The number of ether oxygens (including phenoxy) is 1. The number of aliphatic hydroxyl groups is 2. The average Bonchev–Trinajstić information content (AvgIpc) is 3.46. The number of aromatic nitrogens is 2. The summed E-state index contributed by atoms with van der Waals surface area (Å²) >= 11 is 1.76. The van der Waals surface area contributed by atoms with Crippen LogP contribution in [0.25, 0.3) is 11.3 Å². The number of carboxylic acids is 3. The molecule has 0 fully saturated rings. The van der Waals surface area contributed by atoms with E-state index in [-0.39, 0.29) is 6.10 Å². The minimum absolute atomic E-state index is 0.383. The number of carbonyl (C=O) groups is 3. The molecule has 1 atom stereocenters. The number of aromatic amines is 1. The molecule has 1 unspecified atom stereocenters. The summed E-state index contributed by atoms with van der Waals surface area (Å²) in [7, 11) is 1.66. The van der Waals surface area contributed by atoms with Crippen LogP contribution in [0.3, 0.4) is 0 Å². The molecule has 3 rings (SSSR count). The van der Waals surface area contributed by atoms with Crippen LogP contribution in [0.2, 0.25) is 0 Å². The number of carboxylic acid groups (broad SMARTS) is 3. The van der Waals surface area contributed by atoms with Crippen molar-refractivity contribution in [1.29, 1.82) is 0 Å². The molecule has 212 valence electrons. The minimum atomic E-state index is -2.74. The fourth-order valence-electron chi connectivity index (χ4n) is 3.72. The van der Waals surface area contributed by atoms with Crippen LogP contribution >= 0.6 is 11.3 Å². The third kappa shape index (κ3) is 9.80. The predicted molar refractivity (Wildman–Crippen MR) is 143 cm³/mol. The van der Waals surface area contributed by atoms with E-state index in [1.54, 1.807) is 18.4 Å². The van der Waals surface area contributed by atoms with Gasteiger partial charge in [-0.1, -0.05) is 0 Å². The van der Waals surface area contributed by atoms with Crippen molar-refractivity contribution in [2.75, 3.05) is 13.7 Å². The van der Waals surface area contributed by atoms with Crippen LogP contribution in [0.5, 0.6) is 5.75 Å². The molecule has 2 aromatic heterocycles. The fourth-order valence-corrected chi connectivity index (χ4v) is 4.67. The smallest absolute Gasteiger partial charge is 0.336 e. The van der Waals surface area contributed by atoms with Gasteiger partial charge in [-0.25, -0.2) is 4.79 Å². The molecule has 0 spiro atoms. The lowest BCUT2D eigenvalue weighted by atomic mass is 9.96. The average molecular weight is 564 g/mol. The van der Waals surface area contributed by atoms with Gasteiger partial charge < -0.3 is 30.3 Å². The van der Waals surface area contributed by atoms with Gasteiger partial charge in [-0.2, -0.15) is 5.10 Å². The maximum absolute atomic E-state index is 10.3. The van der Waals surface area contributed by atoms with Gasteiger partial charge in [0.2, 0.25) is 0 Å². The van der Waals surface area contributed by atoms with Gasteiger partial charge in [-0.15, -0.1) is 11.3 Å². The monoisotopic (exact) mass is 563 g/mol. The first-order chi connectivity index (χ1) is 18.3. The van der Waals surface area contributed by atoms with E-state index in [2.05, 4.69) is 33.5 Å². The third-order valence-electron chi connectivity index (χ3n) is 5.63. The van der Waals surface area contributed by atoms with Crippen molar-refractivity contribution in [2.45, 2.75) is 51.5 Å². The largest absolute Gasteiger partial charge is 0.497 e. The van der Waals surface area contributed by atoms with Crippen molar-refractivity contribution in [1.82, 2.24) is 15.1 Å². The number of aryl methyl sites for hydroxylation is 1. The van der Waals surface area contributed by atoms with Gasteiger partial charge in [0.15, 0.2) is 5.60 Å². The Bertz CT molecular complexity index is 1220. The number of rotatable bonds is 13. The van der Waals surface area contributed by atoms with Crippen molar-refractivity contribution >= 4 is 29.2 Å². The van der Waals surface area contributed by atoms with E-state index in [1.165, 1.54) is 10.4 Å². The van der Waals surface area contributed by atoms with Gasteiger partial charge in [0.25, 0.3) is 0 Å². The Morgan fingerprint density at radius 2 is 1.69 bits per heavy atom. The van der Waals surface area contributed by atoms with Gasteiger partial charge in [-0.05, 0) is 55.1 Å². The van der Waals surface area contributed by atoms with Crippen molar-refractivity contribution in [3.05, 3.63) is 57.9 Å². The zero-order valence-electron chi connectivity index (χ0n) is 21.8. The number of thiophene rings is 1. The molecule has 13 heteroatoms. The Kier molecular flexibility index (Phi) is 11.6. The summed E-state index contributed by atoms with van der Waals surface area (Å²) in [4.78, 5) is 34.1. The van der Waals surface area contributed by atoms with E-state index in [1.807, 2.05) is 37.4 Å². The van der Waals surface area contributed by atoms with Crippen molar-refractivity contribution < 1.29 is 44.7 Å². The van der Waals surface area contributed by atoms with Crippen molar-refractivity contribution in [3.63, 3.8) is 0 Å². The molecule has 0 aliphatic carbocycles. The number of aliphatic carboxylic acids is 3. The Balaban J connectivity index is 0.000000349. The van der Waals surface area contributed by atoms with E-state index in [9.17, 15) is 19.5 Å². The van der Waals surface area contributed by atoms with Gasteiger partial charge in [-0.3, -0.25) is 19.6 Å². The van der Waals surface area contributed by atoms with Crippen molar-refractivity contribution in [3.8, 4) is 17.0 Å². The molecule has 0 amide bonds. The molecule has 12 nitrogen and oxygen atoms in total. The first kappa shape index (κ1) is 31.4. The molecule has 0 aliphatic rings. The second-order valence-electron chi connectivity index (χ2n) is 9.02. The highest BCUT2D eigenvalue weighted by molar-refractivity contribution is 7.10. The molecule has 2 heterocycles. The zero-order valence-corrected chi connectivity index (χ0v) is 22.6. The number of benzene rings is 1. The normalized spacial score (nSPS) is 11.9. The summed E-state index contributed by atoms with van der Waals surface area (Å²) in [6.07, 6.45) is -0.800. The number of nitrogens with one attached hydrogen (secondary N) is 1. The van der Waals surface area contributed by atoms with Crippen LogP contribution in [0.1, 0.15) is 35.8 Å². The van der Waals surface area contributed by atoms with Crippen LogP contribution in [0.4, 0.5) is 0 Å². The van der Waals surface area contributed by atoms with E-state index in [0.717, 1.165) is 35.7 Å². The second kappa shape index (κ2) is 14.4. The molecule has 0 saturated carbocycles. The fraction of sp³-hybridized carbons (Fsp3) is 0.385. The predicted octanol–water partition coefficient (Wildman–Crippen LogP) is 2.59. The third-order valence-corrected chi connectivity index (χ3v) is 6.64. The lowest BCUT2D eigenvalue weighted by Gasteiger charge is -2.23. The maximum Gasteiger partial charge on any atom is 0.336 e.